The summed E-state index contributed by atoms with van der Waals surface area (Å²) >= 11 is 0. The third-order valence-electron chi connectivity index (χ3n) is 2.69. The highest BCUT2D eigenvalue weighted by Gasteiger charge is 2.35. The number of hydrogen-bond donors (Lipinski definition) is 1. The van der Waals surface area contributed by atoms with Gasteiger partial charge in [-0.25, -0.2) is 0 Å². The van der Waals surface area contributed by atoms with Crippen molar-refractivity contribution in [3.05, 3.63) is 12.2 Å². The molecule has 0 spiro atoms. The van der Waals surface area contributed by atoms with E-state index in [1.807, 2.05) is 7.05 Å². The summed E-state index contributed by atoms with van der Waals surface area (Å²) in [5.74, 6) is 0.391. The van der Waals surface area contributed by atoms with E-state index in [2.05, 4.69) is 15.5 Å². The molecule has 1 atom stereocenters. The van der Waals surface area contributed by atoms with Crippen LogP contribution in [0.4, 0.5) is 0 Å². The first kappa shape index (κ1) is 10.7. The fraction of sp³-hybridized carbons (Fsp3) is 0.556. The van der Waals surface area contributed by atoms with Crippen LogP contribution in [-0.2, 0) is 23.2 Å². The topological polar surface area (TPSA) is 80.1 Å². The summed E-state index contributed by atoms with van der Waals surface area (Å²) in [5.41, 5.74) is 0. The summed E-state index contributed by atoms with van der Waals surface area (Å²) < 4.78 is 1.76. The Kier molecular flexibility index (Phi) is 2.69. The number of carbonyl (C=O) groups excluding carboxylic acids is 2. The van der Waals surface area contributed by atoms with E-state index in [1.165, 1.54) is 7.05 Å². The molecule has 0 bridgehead atoms. The van der Waals surface area contributed by atoms with Crippen LogP contribution in [-0.4, -0.2) is 44.6 Å². The Hall–Kier alpha value is -1.76. The summed E-state index contributed by atoms with van der Waals surface area (Å²) in [6, 6.07) is -0.436. The molecule has 1 unspecified atom stereocenters. The molecule has 0 saturated carbocycles. The quantitative estimate of drug-likeness (QED) is 0.642. The van der Waals surface area contributed by atoms with E-state index >= 15 is 0 Å². The first-order valence-electron chi connectivity index (χ1n) is 4.96. The van der Waals surface area contributed by atoms with Crippen LogP contribution in [0, 0.1) is 0 Å². The van der Waals surface area contributed by atoms with E-state index in [9.17, 15) is 9.59 Å². The predicted molar refractivity (Wildman–Crippen MR) is 54.0 cm³/mol. The molecule has 1 aliphatic rings. The zero-order valence-corrected chi connectivity index (χ0v) is 9.17. The van der Waals surface area contributed by atoms with Gasteiger partial charge in [0, 0.05) is 14.1 Å². The maximum atomic E-state index is 11.6. The van der Waals surface area contributed by atoms with Crippen LogP contribution in [0.25, 0.3) is 0 Å². The van der Waals surface area contributed by atoms with Crippen LogP contribution in [0.1, 0.15) is 12.2 Å². The van der Waals surface area contributed by atoms with Gasteiger partial charge < -0.3 is 4.57 Å². The molecular weight excluding hydrogens is 210 g/mol. The molecule has 7 heteroatoms. The molecule has 1 N–H and O–H groups in total. The maximum absolute atomic E-state index is 11.6. The van der Waals surface area contributed by atoms with Crippen LogP contribution in [0.15, 0.2) is 6.33 Å². The van der Waals surface area contributed by atoms with Gasteiger partial charge in [0.2, 0.25) is 11.8 Å². The third kappa shape index (κ3) is 1.81. The van der Waals surface area contributed by atoms with Crippen molar-refractivity contribution in [2.24, 2.45) is 7.05 Å². The molecular formula is C9H13N5O2. The molecule has 16 heavy (non-hydrogen) atoms. The number of hydrogen-bond acceptors (Lipinski definition) is 5. The van der Waals surface area contributed by atoms with Crippen molar-refractivity contribution >= 4 is 11.8 Å². The number of nitrogens with one attached hydrogen (secondary N) is 1. The highest BCUT2D eigenvalue weighted by molar-refractivity contribution is 6.05. The summed E-state index contributed by atoms with van der Waals surface area (Å²) in [5, 5.41) is 10.6. The van der Waals surface area contributed by atoms with E-state index in [0.29, 0.717) is 6.54 Å². The van der Waals surface area contributed by atoms with Crippen LogP contribution in [0.2, 0.25) is 0 Å². The fourth-order valence-corrected chi connectivity index (χ4v) is 1.60. The average Bonchev–Trinajstić information content (AvgIpc) is 2.76. The molecule has 0 radical (unpaired) electrons. The van der Waals surface area contributed by atoms with Crippen molar-refractivity contribution < 1.29 is 9.59 Å². The molecule has 1 aromatic rings. The van der Waals surface area contributed by atoms with Crippen molar-refractivity contribution in [1.82, 2.24) is 25.0 Å². The van der Waals surface area contributed by atoms with Gasteiger partial charge in [0.05, 0.1) is 19.0 Å². The summed E-state index contributed by atoms with van der Waals surface area (Å²) in [6.45, 7) is 0.425. The minimum absolute atomic E-state index is 0.152. The Morgan fingerprint density at radius 2 is 2.25 bits per heavy atom. The number of amides is 2. The first-order valence-corrected chi connectivity index (χ1v) is 4.96. The molecule has 0 aromatic carbocycles. The van der Waals surface area contributed by atoms with Gasteiger partial charge in [0.25, 0.3) is 0 Å². The Balaban J connectivity index is 1.95. The number of carbonyl (C=O) groups is 2. The monoisotopic (exact) mass is 223 g/mol. The number of imide groups is 1. The summed E-state index contributed by atoms with van der Waals surface area (Å²) in [6.07, 6.45) is 1.80. The Morgan fingerprint density at radius 3 is 2.75 bits per heavy atom. The van der Waals surface area contributed by atoms with E-state index in [0.717, 1.165) is 10.7 Å². The Bertz CT molecular complexity index is 427. The van der Waals surface area contributed by atoms with Gasteiger partial charge in [-0.1, -0.05) is 0 Å². The minimum atomic E-state index is -0.436. The number of aryl methyl sites for hydroxylation is 1. The molecule has 2 amide bonds. The average molecular weight is 223 g/mol. The molecule has 1 saturated heterocycles. The first-order chi connectivity index (χ1) is 7.59. The lowest BCUT2D eigenvalue weighted by atomic mass is 10.2. The van der Waals surface area contributed by atoms with E-state index in [-0.39, 0.29) is 18.2 Å². The van der Waals surface area contributed by atoms with E-state index in [1.54, 1.807) is 10.9 Å². The van der Waals surface area contributed by atoms with Crippen LogP contribution < -0.4 is 5.32 Å². The summed E-state index contributed by atoms with van der Waals surface area (Å²) in [4.78, 5) is 24.0. The van der Waals surface area contributed by atoms with Crippen molar-refractivity contribution in [2.75, 3.05) is 7.05 Å². The highest BCUT2D eigenvalue weighted by atomic mass is 16.2. The van der Waals surface area contributed by atoms with Gasteiger partial charge in [-0.15, -0.1) is 10.2 Å². The number of nitrogens with zero attached hydrogens (tertiary/aromatic N) is 4. The van der Waals surface area contributed by atoms with Gasteiger partial charge in [-0.2, -0.15) is 0 Å². The zero-order valence-electron chi connectivity index (χ0n) is 9.17. The number of likely N-dealkylation sites (tertiary alicyclic amines) is 1. The lowest BCUT2D eigenvalue weighted by molar-refractivity contribution is -0.137. The van der Waals surface area contributed by atoms with Gasteiger partial charge in [0.15, 0.2) is 0 Å². The van der Waals surface area contributed by atoms with Crippen molar-refractivity contribution in [3.8, 4) is 0 Å². The third-order valence-corrected chi connectivity index (χ3v) is 2.69. The van der Waals surface area contributed by atoms with Crippen molar-refractivity contribution in [2.45, 2.75) is 19.0 Å². The van der Waals surface area contributed by atoms with Crippen LogP contribution in [0.5, 0.6) is 0 Å². The summed E-state index contributed by atoms with van der Waals surface area (Å²) in [7, 11) is 3.32. The number of rotatable bonds is 3. The largest absolute Gasteiger partial charge is 0.320 e. The fourth-order valence-electron chi connectivity index (χ4n) is 1.60. The lowest BCUT2D eigenvalue weighted by Crippen LogP contribution is -2.37. The molecule has 2 heterocycles. The predicted octanol–water partition coefficient (Wildman–Crippen LogP) is -1.34. The number of aromatic nitrogens is 3. The molecule has 1 fully saturated rings. The Morgan fingerprint density at radius 1 is 1.50 bits per heavy atom. The van der Waals surface area contributed by atoms with Gasteiger partial charge >= 0.3 is 0 Å². The van der Waals surface area contributed by atoms with Crippen molar-refractivity contribution in [3.63, 3.8) is 0 Å². The second kappa shape index (κ2) is 4.01. The SMILES string of the molecule is CN1C(=O)CC(NCc2nncn2C)C1=O. The number of likely N-dealkylation sites (N-methyl/N-ethyl adjacent to an activating group) is 1. The second-order valence-electron chi connectivity index (χ2n) is 3.79. The normalized spacial score (nSPS) is 20.9. The van der Waals surface area contributed by atoms with Gasteiger partial charge in [0.1, 0.15) is 12.2 Å². The molecule has 2 rings (SSSR count). The molecule has 1 aliphatic heterocycles. The van der Waals surface area contributed by atoms with Crippen LogP contribution in [0.3, 0.4) is 0 Å². The van der Waals surface area contributed by atoms with E-state index in [4.69, 9.17) is 0 Å². The maximum Gasteiger partial charge on any atom is 0.246 e. The molecule has 86 valence electrons. The second-order valence-corrected chi connectivity index (χ2v) is 3.79. The lowest BCUT2D eigenvalue weighted by Gasteiger charge is -2.10. The minimum Gasteiger partial charge on any atom is -0.320 e. The van der Waals surface area contributed by atoms with E-state index < -0.39 is 6.04 Å². The molecule has 0 aliphatic carbocycles. The Labute approximate surface area is 92.4 Å². The van der Waals surface area contributed by atoms with Gasteiger partial charge in [-0.05, 0) is 0 Å². The van der Waals surface area contributed by atoms with Crippen LogP contribution >= 0.6 is 0 Å². The standard InChI is InChI=1S/C9H13N5O2/c1-13-5-11-12-7(13)4-10-6-3-8(15)14(2)9(6)16/h5-6,10H,3-4H2,1-2H3. The molecule has 7 nitrogen and oxygen atoms in total. The molecule has 1 aromatic heterocycles. The zero-order chi connectivity index (χ0) is 11.7. The smallest absolute Gasteiger partial charge is 0.246 e. The van der Waals surface area contributed by atoms with Gasteiger partial charge in [-0.3, -0.25) is 19.8 Å². The highest BCUT2D eigenvalue weighted by Crippen LogP contribution is 2.10. The van der Waals surface area contributed by atoms with Crippen molar-refractivity contribution in [1.29, 1.82) is 0 Å².